The first kappa shape index (κ1) is 30.2. The molecule has 0 amide bonds. The Bertz CT molecular complexity index is 800. The minimum Gasteiger partial charge on any atom is -0.393 e. The molecule has 1 N–H and O–H groups in total. The fourth-order valence-corrected chi connectivity index (χ4v) is 9.05. The van der Waals surface area contributed by atoms with E-state index in [0.29, 0.717) is 22.1 Å². The Kier molecular flexibility index (Phi) is 11.2. The Morgan fingerprint density at radius 3 is 2.20 bits per heavy atom. The van der Waals surface area contributed by atoms with Crippen LogP contribution in [0.1, 0.15) is 145 Å². The fraction of sp³-hybridized carbons (Fsp3) is 0.935. The fourth-order valence-electron chi connectivity index (χ4n) is 9.05. The Morgan fingerprint density at radius 2 is 1.54 bits per heavy atom. The molecule has 0 aliphatic heterocycles. The highest BCUT2D eigenvalue weighted by Crippen LogP contribution is 2.70. The monoisotopic (exact) mass is 490 g/mol. The van der Waals surface area contributed by atoms with Crippen molar-refractivity contribution >= 4 is 0 Å². The Hall–Kier alpha value is -1.06. The van der Waals surface area contributed by atoms with Crippen LogP contribution < -0.4 is 5.76 Å². The highest BCUT2D eigenvalue weighted by atomic mass is 16.4. The number of fused-ring (bicyclic) bond motifs is 5. The van der Waals surface area contributed by atoms with E-state index in [-0.39, 0.29) is 0 Å². The van der Waals surface area contributed by atoms with Gasteiger partial charge in [-0.15, -0.1) is 5.10 Å². The minimum absolute atomic E-state index is 0.424. The van der Waals surface area contributed by atoms with Crippen molar-refractivity contribution in [2.45, 2.75) is 146 Å². The standard InChI is InChI=1S/C25H40N2O2.3C2H6/c1-23-13-4-5-14-25(23,3)20-12-16-24(2)17(9-10-19(24)18(20)11-15-23)7-6-8-21-26-27-22(28)29-21;3*1-2/h17-20H,4-16H2,1-3H3,(H,27,28);3*1-2H3/t17?,18?,19?,20?,23?,24?,25-;;;/m1.../s1. The van der Waals surface area contributed by atoms with Gasteiger partial charge in [-0.05, 0) is 104 Å². The molecule has 6 unspecified atom stereocenters. The molecule has 0 saturated heterocycles. The van der Waals surface area contributed by atoms with Crippen molar-refractivity contribution in [3.63, 3.8) is 0 Å². The van der Waals surface area contributed by atoms with Crippen LogP contribution in [0.4, 0.5) is 0 Å². The van der Waals surface area contributed by atoms with E-state index in [2.05, 4.69) is 31.0 Å². The maximum atomic E-state index is 11.1. The number of nitrogens with zero attached hydrogens (tertiary/aromatic N) is 1. The second kappa shape index (κ2) is 13.0. The molecule has 0 spiro atoms. The smallest absolute Gasteiger partial charge is 0.393 e. The molecule has 1 heterocycles. The summed E-state index contributed by atoms with van der Waals surface area (Å²) in [7, 11) is 0. The number of nitrogens with one attached hydrogen (secondary N) is 1. The molecule has 4 aliphatic carbocycles. The van der Waals surface area contributed by atoms with Crippen molar-refractivity contribution in [1.82, 2.24) is 10.2 Å². The van der Waals surface area contributed by atoms with Crippen molar-refractivity contribution in [2.75, 3.05) is 0 Å². The van der Waals surface area contributed by atoms with Gasteiger partial charge < -0.3 is 4.42 Å². The predicted molar refractivity (Wildman–Crippen MR) is 149 cm³/mol. The summed E-state index contributed by atoms with van der Waals surface area (Å²) in [4.78, 5) is 11.1. The number of aromatic amines is 1. The van der Waals surface area contributed by atoms with Crippen LogP contribution in [-0.4, -0.2) is 10.2 Å². The zero-order valence-electron chi connectivity index (χ0n) is 24.8. The first-order valence-corrected chi connectivity index (χ1v) is 15.4. The molecule has 4 heteroatoms. The van der Waals surface area contributed by atoms with Gasteiger partial charge in [-0.2, -0.15) is 0 Å². The van der Waals surface area contributed by atoms with Gasteiger partial charge in [0.05, 0.1) is 0 Å². The van der Waals surface area contributed by atoms with E-state index in [9.17, 15) is 4.79 Å². The molecule has 1 aromatic heterocycles. The molecule has 35 heavy (non-hydrogen) atoms. The van der Waals surface area contributed by atoms with Gasteiger partial charge in [0.25, 0.3) is 0 Å². The van der Waals surface area contributed by atoms with Gasteiger partial charge in [-0.25, -0.2) is 9.89 Å². The van der Waals surface area contributed by atoms with Crippen molar-refractivity contribution in [2.24, 2.45) is 39.9 Å². The summed E-state index contributed by atoms with van der Waals surface area (Å²) in [5.74, 6) is 3.88. The third-order valence-corrected chi connectivity index (χ3v) is 11.0. The lowest BCUT2D eigenvalue weighted by Gasteiger charge is -2.64. The molecule has 0 bridgehead atoms. The number of hydrogen-bond acceptors (Lipinski definition) is 3. The topological polar surface area (TPSA) is 58.9 Å². The normalized spacial score (nSPS) is 39.2. The number of aryl methyl sites for hydroxylation is 1. The van der Waals surface area contributed by atoms with Crippen molar-refractivity contribution in [3.8, 4) is 0 Å². The molecule has 4 aliphatic rings. The van der Waals surface area contributed by atoms with Gasteiger partial charge in [0.15, 0.2) is 0 Å². The number of hydrogen-bond donors (Lipinski definition) is 1. The van der Waals surface area contributed by atoms with Crippen LogP contribution in [0, 0.1) is 39.9 Å². The number of aromatic nitrogens is 2. The minimum atomic E-state index is -0.424. The van der Waals surface area contributed by atoms with E-state index in [4.69, 9.17) is 4.42 Å². The quantitative estimate of drug-likeness (QED) is 0.457. The first-order valence-electron chi connectivity index (χ1n) is 15.4. The lowest BCUT2D eigenvalue weighted by molar-refractivity contribution is -0.152. The van der Waals surface area contributed by atoms with E-state index < -0.39 is 5.76 Å². The predicted octanol–water partition coefficient (Wildman–Crippen LogP) is 9.20. The average molecular weight is 491 g/mol. The van der Waals surface area contributed by atoms with E-state index in [0.717, 1.165) is 36.5 Å². The first-order chi connectivity index (χ1) is 16.9. The van der Waals surface area contributed by atoms with E-state index in [1.165, 1.54) is 70.6 Å². The second-order valence-corrected chi connectivity index (χ2v) is 11.8. The lowest BCUT2D eigenvalue weighted by Crippen LogP contribution is -2.56. The van der Waals surface area contributed by atoms with Crippen LogP contribution >= 0.6 is 0 Å². The average Bonchev–Trinajstić information content (AvgIpc) is 3.45. The summed E-state index contributed by atoms with van der Waals surface area (Å²) in [6.45, 7) is 20.0. The molecule has 1 aromatic rings. The highest BCUT2D eigenvalue weighted by Gasteiger charge is 2.62. The molecule has 4 saturated carbocycles. The zero-order valence-corrected chi connectivity index (χ0v) is 24.8. The lowest BCUT2D eigenvalue weighted by atomic mass is 9.40. The Balaban J connectivity index is 0.000000671. The molecule has 0 radical (unpaired) electrons. The molecular formula is C31H58N2O2. The summed E-state index contributed by atoms with van der Waals surface area (Å²) < 4.78 is 5.10. The van der Waals surface area contributed by atoms with E-state index >= 15 is 0 Å². The molecule has 204 valence electrons. The maximum Gasteiger partial charge on any atom is 0.434 e. The second-order valence-electron chi connectivity index (χ2n) is 11.8. The van der Waals surface area contributed by atoms with Crippen LogP contribution in [-0.2, 0) is 6.42 Å². The summed E-state index contributed by atoms with van der Waals surface area (Å²) >= 11 is 0. The molecular weight excluding hydrogens is 432 g/mol. The van der Waals surface area contributed by atoms with E-state index in [1.54, 1.807) is 0 Å². The van der Waals surface area contributed by atoms with Crippen molar-refractivity contribution in [3.05, 3.63) is 16.4 Å². The summed E-state index contributed by atoms with van der Waals surface area (Å²) in [6.07, 6.45) is 17.7. The number of H-pyrrole nitrogens is 1. The van der Waals surface area contributed by atoms with Crippen LogP contribution in [0.3, 0.4) is 0 Å². The van der Waals surface area contributed by atoms with Crippen molar-refractivity contribution in [1.29, 1.82) is 0 Å². The van der Waals surface area contributed by atoms with Crippen LogP contribution in [0.5, 0.6) is 0 Å². The zero-order chi connectivity index (χ0) is 26.3. The van der Waals surface area contributed by atoms with E-state index in [1.807, 2.05) is 41.5 Å². The summed E-state index contributed by atoms with van der Waals surface area (Å²) in [6, 6.07) is 0. The van der Waals surface area contributed by atoms with Gasteiger partial charge >= 0.3 is 5.76 Å². The van der Waals surface area contributed by atoms with Gasteiger partial charge in [0.1, 0.15) is 0 Å². The summed E-state index contributed by atoms with van der Waals surface area (Å²) in [5.41, 5.74) is 1.73. The third kappa shape index (κ3) is 5.61. The van der Waals surface area contributed by atoms with Gasteiger partial charge in [0, 0.05) is 6.42 Å². The molecule has 5 rings (SSSR count). The SMILES string of the molecule is CC.CC.CC.CC12CCC3C(CCC4(C)CCCC[C@]34C)C1CCC2CCCc1n[nH]c(=O)o1. The summed E-state index contributed by atoms with van der Waals surface area (Å²) in [5, 5.41) is 6.37. The Labute approximate surface area is 216 Å². The maximum absolute atomic E-state index is 11.1. The van der Waals surface area contributed by atoms with Gasteiger partial charge in [-0.3, -0.25) is 0 Å². The Morgan fingerprint density at radius 1 is 0.857 bits per heavy atom. The highest BCUT2D eigenvalue weighted by molar-refractivity contribution is 5.11. The molecule has 4 fully saturated rings. The van der Waals surface area contributed by atoms with Gasteiger partial charge in [0.2, 0.25) is 5.89 Å². The molecule has 7 atom stereocenters. The van der Waals surface area contributed by atoms with Gasteiger partial charge in [-0.1, -0.05) is 75.2 Å². The van der Waals surface area contributed by atoms with Crippen LogP contribution in [0.2, 0.25) is 0 Å². The molecule has 4 nitrogen and oxygen atoms in total. The van der Waals surface area contributed by atoms with Crippen LogP contribution in [0.25, 0.3) is 0 Å². The number of rotatable bonds is 4. The van der Waals surface area contributed by atoms with Crippen LogP contribution in [0.15, 0.2) is 9.21 Å². The molecule has 0 aromatic carbocycles. The van der Waals surface area contributed by atoms with Crippen molar-refractivity contribution < 1.29 is 4.42 Å². The largest absolute Gasteiger partial charge is 0.434 e. The third-order valence-electron chi connectivity index (χ3n) is 11.0.